The zero-order valence-electron chi connectivity index (χ0n) is 15.6. The normalized spacial score (nSPS) is 15.0. The first kappa shape index (κ1) is 19.2. The number of benzene rings is 1. The number of pyridine rings is 1. The Morgan fingerprint density at radius 2 is 2.10 bits per heavy atom. The van der Waals surface area contributed by atoms with Gasteiger partial charge in [0.25, 0.3) is 0 Å². The van der Waals surface area contributed by atoms with Crippen molar-refractivity contribution in [2.45, 2.75) is 0 Å². The summed E-state index contributed by atoms with van der Waals surface area (Å²) in [6.07, 6.45) is 4.76. The van der Waals surface area contributed by atoms with E-state index in [1.54, 1.807) is 42.7 Å². The maximum atomic E-state index is 12.7. The van der Waals surface area contributed by atoms with Gasteiger partial charge in [0.2, 0.25) is 11.7 Å². The number of aliphatic hydroxyl groups is 1. The SMILES string of the molecule is O=C(O)C1=C(Nc2ccccc2OCCO)OC(=Cc2c[nH]c3ncccc23)C1=O. The minimum Gasteiger partial charge on any atom is -0.489 e. The largest absolute Gasteiger partial charge is 0.489 e. The quantitative estimate of drug-likeness (QED) is 0.346. The summed E-state index contributed by atoms with van der Waals surface area (Å²) in [4.78, 5) is 31.6. The number of ketones is 1. The third kappa shape index (κ3) is 3.61. The molecule has 0 spiro atoms. The number of aromatic nitrogens is 2. The Morgan fingerprint density at radius 1 is 1.27 bits per heavy atom. The fourth-order valence-electron chi connectivity index (χ4n) is 3.02. The Balaban J connectivity index is 1.67. The third-order valence-corrected chi connectivity index (χ3v) is 4.36. The van der Waals surface area contributed by atoms with Crippen molar-refractivity contribution in [1.29, 1.82) is 0 Å². The number of hydrogen-bond acceptors (Lipinski definition) is 7. The van der Waals surface area contributed by atoms with Gasteiger partial charge in [-0.2, -0.15) is 0 Å². The van der Waals surface area contributed by atoms with E-state index in [-0.39, 0.29) is 24.9 Å². The minimum absolute atomic E-state index is 0.0586. The van der Waals surface area contributed by atoms with Gasteiger partial charge in [-0.05, 0) is 30.3 Å². The second-order valence-electron chi connectivity index (χ2n) is 6.29. The number of nitrogens with zero attached hydrogens (tertiary/aromatic N) is 1. The molecule has 0 amide bonds. The summed E-state index contributed by atoms with van der Waals surface area (Å²) in [6, 6.07) is 10.3. The number of carbonyl (C=O) groups is 2. The van der Waals surface area contributed by atoms with Crippen molar-refractivity contribution >= 4 is 34.5 Å². The summed E-state index contributed by atoms with van der Waals surface area (Å²) in [5.41, 5.74) is 1.15. The first-order valence-corrected chi connectivity index (χ1v) is 9.02. The molecule has 0 atom stereocenters. The van der Waals surface area contributed by atoms with Crippen LogP contribution < -0.4 is 10.1 Å². The number of fused-ring (bicyclic) bond motifs is 1. The number of Topliss-reactive ketones (excluding diaryl/α,β-unsaturated/α-hetero) is 1. The van der Waals surface area contributed by atoms with Crippen molar-refractivity contribution in [2.24, 2.45) is 0 Å². The van der Waals surface area contributed by atoms with E-state index in [9.17, 15) is 14.7 Å². The van der Waals surface area contributed by atoms with Crippen LogP contribution in [-0.4, -0.2) is 45.1 Å². The van der Waals surface area contributed by atoms with Crippen LogP contribution in [0.3, 0.4) is 0 Å². The van der Waals surface area contributed by atoms with Crippen LogP contribution >= 0.6 is 0 Å². The maximum absolute atomic E-state index is 12.7. The topological polar surface area (TPSA) is 134 Å². The van der Waals surface area contributed by atoms with Gasteiger partial charge in [-0.25, -0.2) is 9.78 Å². The summed E-state index contributed by atoms with van der Waals surface area (Å²) >= 11 is 0. The van der Waals surface area contributed by atoms with E-state index >= 15 is 0 Å². The monoisotopic (exact) mass is 407 g/mol. The maximum Gasteiger partial charge on any atom is 0.345 e. The van der Waals surface area contributed by atoms with Gasteiger partial charge in [-0.3, -0.25) is 4.79 Å². The van der Waals surface area contributed by atoms with Crippen LogP contribution in [-0.2, 0) is 14.3 Å². The number of carboxylic acids is 1. The molecule has 0 saturated carbocycles. The molecular weight excluding hydrogens is 390 g/mol. The summed E-state index contributed by atoms with van der Waals surface area (Å²) in [5.74, 6) is -2.14. The van der Waals surface area contributed by atoms with E-state index in [2.05, 4.69) is 15.3 Å². The molecule has 0 fully saturated rings. The fraction of sp³-hybridized carbons (Fsp3) is 0.0952. The Kier molecular flexibility index (Phi) is 5.19. The molecule has 30 heavy (non-hydrogen) atoms. The number of hydrogen-bond donors (Lipinski definition) is 4. The van der Waals surface area contributed by atoms with E-state index in [1.165, 1.54) is 6.08 Å². The number of anilines is 1. The molecule has 0 aliphatic carbocycles. The molecule has 9 heteroatoms. The molecule has 2 aromatic heterocycles. The molecule has 1 aliphatic heterocycles. The van der Waals surface area contributed by atoms with Gasteiger partial charge in [0.1, 0.15) is 18.0 Å². The lowest BCUT2D eigenvalue weighted by atomic mass is 10.1. The molecule has 0 unspecified atom stereocenters. The van der Waals surface area contributed by atoms with Crippen molar-refractivity contribution in [3.8, 4) is 5.75 Å². The van der Waals surface area contributed by atoms with Crippen LogP contribution in [0.25, 0.3) is 17.1 Å². The number of carbonyl (C=O) groups excluding carboxylic acids is 1. The number of para-hydroxylation sites is 2. The number of ether oxygens (including phenoxy) is 2. The number of aliphatic carboxylic acids is 1. The highest BCUT2D eigenvalue weighted by Crippen LogP contribution is 2.32. The molecule has 0 saturated heterocycles. The molecule has 4 rings (SSSR count). The molecule has 1 aliphatic rings. The average Bonchev–Trinajstić information content (AvgIpc) is 3.28. The van der Waals surface area contributed by atoms with E-state index < -0.39 is 17.3 Å². The Hall–Kier alpha value is -4.11. The van der Waals surface area contributed by atoms with Crippen LogP contribution in [0.1, 0.15) is 5.56 Å². The molecule has 0 radical (unpaired) electrons. The zero-order valence-corrected chi connectivity index (χ0v) is 15.6. The van der Waals surface area contributed by atoms with Crippen molar-refractivity contribution in [1.82, 2.24) is 9.97 Å². The van der Waals surface area contributed by atoms with Gasteiger partial charge < -0.3 is 30.0 Å². The second kappa shape index (κ2) is 8.10. The van der Waals surface area contributed by atoms with Gasteiger partial charge >= 0.3 is 5.97 Å². The highest BCUT2D eigenvalue weighted by molar-refractivity contribution is 6.26. The predicted octanol–water partition coefficient (Wildman–Crippen LogP) is 2.28. The van der Waals surface area contributed by atoms with Crippen molar-refractivity contribution in [2.75, 3.05) is 18.5 Å². The summed E-state index contributed by atoms with van der Waals surface area (Å²) in [5, 5.41) is 22.1. The van der Waals surface area contributed by atoms with Crippen LogP contribution in [0.2, 0.25) is 0 Å². The summed E-state index contributed by atoms with van der Waals surface area (Å²) in [6.45, 7) is -0.123. The molecule has 4 N–H and O–H groups in total. The second-order valence-corrected chi connectivity index (χ2v) is 6.29. The van der Waals surface area contributed by atoms with E-state index in [0.29, 0.717) is 22.6 Å². The molecule has 0 bridgehead atoms. The van der Waals surface area contributed by atoms with Gasteiger partial charge in [-0.1, -0.05) is 12.1 Å². The Morgan fingerprint density at radius 3 is 2.90 bits per heavy atom. The van der Waals surface area contributed by atoms with Gasteiger partial charge in [0.15, 0.2) is 11.3 Å². The number of H-pyrrole nitrogens is 1. The number of aromatic amines is 1. The fourth-order valence-corrected chi connectivity index (χ4v) is 3.02. The number of carboxylic acid groups (broad SMARTS) is 1. The predicted molar refractivity (Wildman–Crippen MR) is 107 cm³/mol. The minimum atomic E-state index is -1.42. The first-order valence-electron chi connectivity index (χ1n) is 9.02. The molecule has 3 aromatic rings. The van der Waals surface area contributed by atoms with Gasteiger partial charge in [0.05, 0.1) is 12.3 Å². The molecular formula is C21H17N3O6. The lowest BCUT2D eigenvalue weighted by molar-refractivity contribution is -0.134. The Labute approximate surface area is 170 Å². The van der Waals surface area contributed by atoms with Gasteiger partial charge in [-0.15, -0.1) is 0 Å². The third-order valence-electron chi connectivity index (χ3n) is 4.36. The highest BCUT2D eigenvalue weighted by atomic mass is 16.5. The smallest absolute Gasteiger partial charge is 0.345 e. The lowest BCUT2D eigenvalue weighted by Gasteiger charge is -2.13. The summed E-state index contributed by atoms with van der Waals surface area (Å²) < 4.78 is 11.0. The molecule has 152 valence electrons. The van der Waals surface area contributed by atoms with E-state index in [0.717, 1.165) is 5.39 Å². The van der Waals surface area contributed by atoms with Crippen molar-refractivity contribution in [3.63, 3.8) is 0 Å². The van der Waals surface area contributed by atoms with Crippen LogP contribution in [0.5, 0.6) is 5.75 Å². The van der Waals surface area contributed by atoms with Crippen LogP contribution in [0.4, 0.5) is 5.69 Å². The van der Waals surface area contributed by atoms with Crippen molar-refractivity contribution in [3.05, 3.63) is 71.6 Å². The highest BCUT2D eigenvalue weighted by Gasteiger charge is 2.36. The first-order chi connectivity index (χ1) is 14.6. The Bertz CT molecular complexity index is 1190. The number of rotatable bonds is 7. The van der Waals surface area contributed by atoms with Gasteiger partial charge in [0, 0.05) is 23.3 Å². The van der Waals surface area contributed by atoms with E-state index in [4.69, 9.17) is 14.6 Å². The molecule has 3 heterocycles. The lowest BCUT2D eigenvalue weighted by Crippen LogP contribution is -2.12. The van der Waals surface area contributed by atoms with Crippen LogP contribution in [0, 0.1) is 0 Å². The molecule has 1 aromatic carbocycles. The number of allylic oxidation sites excluding steroid dienone is 1. The zero-order chi connectivity index (χ0) is 21.1. The number of aliphatic hydroxyl groups excluding tert-OH is 1. The average molecular weight is 407 g/mol. The standard InChI is InChI=1S/C21H17N3O6/c25-8-9-29-15-6-2-1-5-14(15)24-20-17(21(27)28)18(26)16(30-20)10-12-11-23-19-13(12)4-3-7-22-19/h1-7,10-11,24-25H,8-9H2,(H,22,23)(H,27,28). The van der Waals surface area contributed by atoms with Crippen molar-refractivity contribution < 1.29 is 29.3 Å². The summed E-state index contributed by atoms with van der Waals surface area (Å²) in [7, 11) is 0. The van der Waals surface area contributed by atoms with Crippen LogP contribution in [0.15, 0.2) is 66.0 Å². The molecule has 9 nitrogen and oxygen atoms in total. The van der Waals surface area contributed by atoms with E-state index in [1.807, 2.05) is 6.07 Å². The number of nitrogens with one attached hydrogen (secondary N) is 2.